The first-order valence-corrected chi connectivity index (χ1v) is 39.9. The molecule has 0 radical (unpaired) electrons. The van der Waals surface area contributed by atoms with Crippen LogP contribution in [0.5, 0.6) is 0 Å². The topological polar surface area (TPSA) is 59.0 Å². The van der Waals surface area contributed by atoms with E-state index in [9.17, 15) is 0 Å². The van der Waals surface area contributed by atoms with Gasteiger partial charge in [-0.25, -0.2) is 0 Å². The number of hydrogen-bond acceptors (Lipinski definition) is 6. The molecule has 2 aliphatic rings. The van der Waals surface area contributed by atoms with Crippen molar-refractivity contribution in [1.29, 1.82) is 0 Å². The van der Waals surface area contributed by atoms with E-state index in [0.29, 0.717) is 11.8 Å². The molecule has 0 bridgehead atoms. The lowest BCUT2D eigenvalue weighted by Gasteiger charge is -2.27. The molecule has 0 amide bonds. The summed E-state index contributed by atoms with van der Waals surface area (Å²) in [4.78, 5) is 4.76. The van der Waals surface area contributed by atoms with Crippen LogP contribution in [0.15, 0.2) is 333 Å². The van der Waals surface area contributed by atoms with Crippen molar-refractivity contribution >= 4 is 132 Å². The summed E-state index contributed by atoms with van der Waals surface area (Å²) in [6.07, 6.45) is 0. The van der Waals surface area contributed by atoms with E-state index in [1.165, 1.54) is 77.2 Å². The maximum Gasteiger partial charge on any atom is 0.213 e. The second-order valence-electron chi connectivity index (χ2n) is 34.8. The SMILES string of the molecule is CC(C)(C)c1ccc(-c2c(N(c3ccc4c(c3)C(C)(C)c3ccc5ccccc5c3-4)c3ccc4cc(-c5cc6ccccc6o5)ccc4c3)oc3c2ccc2c3ccc3c(-c4ccc(C(C)(C)C)cc4)c(N(c4ccc5c(c4)C(C)(C)c4ccc6ccccc6c4-5)c4ccc5cc(-c6cc7ccccc7o6)ccc5c4)oc32)cc1. The molecule has 0 N–H and O–H groups in total. The van der Waals surface area contributed by atoms with Gasteiger partial charge in [0.25, 0.3) is 0 Å². The molecule has 0 unspecified atom stereocenters. The Labute approximate surface area is 662 Å². The number of hydrogen-bond donors (Lipinski definition) is 0. The van der Waals surface area contributed by atoms with Crippen molar-refractivity contribution in [3.8, 4) is 67.2 Å². The minimum atomic E-state index is -0.327. The highest BCUT2D eigenvalue weighted by Gasteiger charge is 2.40. The highest BCUT2D eigenvalue weighted by atomic mass is 16.4. The molecule has 4 aromatic heterocycles. The average Bonchev–Trinajstić information content (AvgIpc) is 1.56. The first-order chi connectivity index (χ1) is 55.2. The van der Waals surface area contributed by atoms with Crippen molar-refractivity contribution < 1.29 is 17.7 Å². The molecule has 0 fully saturated rings. The van der Waals surface area contributed by atoms with Gasteiger partial charge < -0.3 is 17.7 Å². The van der Waals surface area contributed by atoms with Gasteiger partial charge in [0.05, 0.1) is 11.1 Å². The summed E-state index contributed by atoms with van der Waals surface area (Å²) >= 11 is 0. The molecule has 20 aromatic rings. The molecule has 4 heterocycles. The molecule has 114 heavy (non-hydrogen) atoms. The number of nitrogens with zero attached hydrogens (tertiary/aromatic N) is 2. The van der Waals surface area contributed by atoms with E-state index in [1.807, 2.05) is 24.3 Å². The molecule has 22 rings (SSSR count). The molecule has 548 valence electrons. The van der Waals surface area contributed by atoms with Crippen molar-refractivity contribution in [2.75, 3.05) is 9.80 Å². The molecule has 0 aliphatic heterocycles. The molecule has 6 heteroatoms. The lowest BCUT2D eigenvalue weighted by atomic mass is 9.82. The zero-order valence-electron chi connectivity index (χ0n) is 65.5. The Balaban J connectivity index is 0.780. The Morgan fingerprint density at radius 3 is 1.00 bits per heavy atom. The van der Waals surface area contributed by atoms with Crippen LogP contribution >= 0.6 is 0 Å². The minimum Gasteiger partial charge on any atom is -0.456 e. The zero-order chi connectivity index (χ0) is 77.0. The van der Waals surface area contributed by atoms with Crippen LogP contribution in [0, 0.1) is 0 Å². The highest BCUT2D eigenvalue weighted by molar-refractivity contribution is 6.22. The molecule has 0 saturated carbocycles. The molecule has 0 atom stereocenters. The number of anilines is 6. The Bertz CT molecular complexity index is 6930. The quantitative estimate of drug-likeness (QED) is 0.136. The molecule has 0 saturated heterocycles. The van der Waals surface area contributed by atoms with E-state index < -0.39 is 0 Å². The molecule has 2 aliphatic carbocycles. The van der Waals surface area contributed by atoms with Gasteiger partial charge in [-0.1, -0.05) is 275 Å². The van der Waals surface area contributed by atoms with Crippen molar-refractivity contribution in [3.05, 3.63) is 349 Å². The summed E-state index contributed by atoms with van der Waals surface area (Å²) < 4.78 is 29.0. The number of fused-ring (bicyclic) bond motifs is 19. The number of para-hydroxylation sites is 2. The van der Waals surface area contributed by atoms with Gasteiger partial charge in [-0.15, -0.1) is 0 Å². The molecule has 0 spiro atoms. The van der Waals surface area contributed by atoms with E-state index >= 15 is 0 Å². The van der Waals surface area contributed by atoms with Crippen LogP contribution in [0.3, 0.4) is 0 Å². The van der Waals surface area contributed by atoms with Crippen LogP contribution in [0.4, 0.5) is 34.5 Å². The van der Waals surface area contributed by atoms with Crippen LogP contribution in [0.2, 0.25) is 0 Å². The average molecular weight is 1470 g/mol. The maximum atomic E-state index is 8.01. The van der Waals surface area contributed by atoms with E-state index in [2.05, 4.69) is 370 Å². The molecule has 6 nitrogen and oxygen atoms in total. The predicted octanol–water partition coefficient (Wildman–Crippen LogP) is 31.3. The van der Waals surface area contributed by atoms with Crippen molar-refractivity contribution in [2.24, 2.45) is 0 Å². The molecule has 16 aromatic carbocycles. The van der Waals surface area contributed by atoms with E-state index in [1.54, 1.807) is 0 Å². The van der Waals surface area contributed by atoms with Gasteiger partial charge in [0.2, 0.25) is 11.8 Å². The monoisotopic (exact) mass is 1470 g/mol. The standard InChI is InChI=1S/C108H82N2O4/c1-105(2,3)75-39-31-65(32-40-75)97-87-51-49-84-83(101(87)113-103(97)109(77-43-35-67-55-73(29-27-69(67)57-77)95-59-71-21-13-17-25-93(71)111-95)79-45-47-85-91(61-79)107(7,8)89-53-37-63-19-11-15-23-81(63)99(85)89)50-52-88-98(66-33-41-76(42-34-66)106(4,5)6)104(114-102(84)88)110(78-44-36-68-56-74(30-28-70(68)58-78)96-60-72-22-14-18-26-94(72)112-96)80-46-48-86-92(62-80)108(9,10)90-54-38-64-20-12-16-24-82(64)100(86)90/h11-62H,1-10H3. The lowest BCUT2D eigenvalue weighted by molar-refractivity contribution is 0.590. The largest absolute Gasteiger partial charge is 0.456 e. The Kier molecular flexibility index (Phi) is 14.5. The second-order valence-corrected chi connectivity index (χ2v) is 34.8. The van der Waals surface area contributed by atoms with Crippen LogP contribution in [-0.2, 0) is 21.7 Å². The summed E-state index contributed by atoms with van der Waals surface area (Å²) in [6.45, 7) is 23.2. The van der Waals surface area contributed by atoms with Gasteiger partial charge in [-0.05, 0) is 230 Å². The Morgan fingerprint density at radius 1 is 0.246 bits per heavy atom. The normalized spacial score (nSPS) is 13.7. The van der Waals surface area contributed by atoms with Crippen molar-refractivity contribution in [1.82, 2.24) is 0 Å². The Hall–Kier alpha value is -13.4. The number of benzene rings is 16. The predicted molar refractivity (Wildman–Crippen MR) is 477 cm³/mol. The summed E-state index contributed by atoms with van der Waals surface area (Å²) in [5.41, 5.74) is 25.2. The summed E-state index contributed by atoms with van der Waals surface area (Å²) in [7, 11) is 0. The second kappa shape index (κ2) is 24.5. The fourth-order valence-electron chi connectivity index (χ4n) is 19.0. The third kappa shape index (κ3) is 10.4. The number of rotatable bonds is 10. The van der Waals surface area contributed by atoms with Gasteiger partial charge in [-0.3, -0.25) is 9.80 Å². The maximum absolute atomic E-state index is 8.01. The third-order valence-corrected chi connectivity index (χ3v) is 25.1. The third-order valence-electron chi connectivity index (χ3n) is 25.1. The summed E-state index contributed by atoms with van der Waals surface area (Å²) in [5, 5.41) is 15.4. The molecular formula is C108H82N2O4. The highest BCUT2D eigenvalue weighted by Crippen LogP contribution is 2.59. The van der Waals surface area contributed by atoms with Crippen LogP contribution in [0.1, 0.15) is 103 Å². The molecular weight excluding hydrogens is 1390 g/mol. The minimum absolute atomic E-state index is 0.0818. The van der Waals surface area contributed by atoms with Crippen molar-refractivity contribution in [3.63, 3.8) is 0 Å². The van der Waals surface area contributed by atoms with E-state index in [4.69, 9.17) is 17.7 Å². The van der Waals surface area contributed by atoms with Gasteiger partial charge in [0.1, 0.15) is 33.9 Å². The van der Waals surface area contributed by atoms with E-state index in [-0.39, 0.29) is 21.7 Å². The lowest BCUT2D eigenvalue weighted by Crippen LogP contribution is -2.16. The van der Waals surface area contributed by atoms with Crippen LogP contribution < -0.4 is 9.80 Å². The smallest absolute Gasteiger partial charge is 0.213 e. The van der Waals surface area contributed by atoms with Crippen LogP contribution in [-0.4, -0.2) is 0 Å². The summed E-state index contributed by atoms with van der Waals surface area (Å²) in [5.74, 6) is 3.09. The first kappa shape index (κ1) is 67.5. The fraction of sp³-hybridized carbons (Fsp3) is 0.130. The van der Waals surface area contributed by atoms with Gasteiger partial charge in [-0.2, -0.15) is 0 Å². The fourth-order valence-corrected chi connectivity index (χ4v) is 19.0. The van der Waals surface area contributed by atoms with Gasteiger partial charge >= 0.3 is 0 Å². The zero-order valence-corrected chi connectivity index (χ0v) is 65.5. The summed E-state index contributed by atoms with van der Waals surface area (Å²) in [6, 6.07) is 116. The van der Waals surface area contributed by atoms with Crippen LogP contribution in [0.25, 0.3) is 165 Å². The number of furan rings is 4. The van der Waals surface area contributed by atoms with E-state index in [0.717, 1.165) is 144 Å². The first-order valence-electron chi connectivity index (χ1n) is 39.9. The Morgan fingerprint density at radius 2 is 0.588 bits per heavy atom. The van der Waals surface area contributed by atoms with Gasteiger partial charge in [0.15, 0.2) is 0 Å². The van der Waals surface area contributed by atoms with Crippen molar-refractivity contribution in [2.45, 2.75) is 90.9 Å². The van der Waals surface area contributed by atoms with Gasteiger partial charge in [0, 0.05) is 77.0 Å².